The number of halogens is 1. The summed E-state index contributed by atoms with van der Waals surface area (Å²) in [6.45, 7) is 2.14. The molecule has 3 aromatic rings. The van der Waals surface area contributed by atoms with Gasteiger partial charge in [-0.3, -0.25) is 4.68 Å². The predicted molar refractivity (Wildman–Crippen MR) is 99.6 cm³/mol. The third-order valence-electron chi connectivity index (χ3n) is 4.21. The molecule has 0 radical (unpaired) electrons. The third-order valence-corrected chi connectivity index (χ3v) is 5.10. The van der Waals surface area contributed by atoms with E-state index < -0.39 is 0 Å². The fourth-order valence-electron chi connectivity index (χ4n) is 2.88. The highest BCUT2D eigenvalue weighted by Crippen LogP contribution is 2.25. The van der Waals surface area contributed by atoms with Crippen LogP contribution in [0.3, 0.4) is 0 Å². The van der Waals surface area contributed by atoms with Gasteiger partial charge in [0.05, 0.1) is 19.3 Å². The highest BCUT2D eigenvalue weighted by molar-refractivity contribution is 14.1. The van der Waals surface area contributed by atoms with Crippen LogP contribution in [-0.4, -0.2) is 39.3 Å². The fraction of sp³-hybridized carbons (Fsp3) is 0.412. The van der Waals surface area contributed by atoms with Crippen LogP contribution in [0.15, 0.2) is 30.9 Å². The van der Waals surface area contributed by atoms with Crippen molar-refractivity contribution in [3.05, 3.63) is 34.4 Å². The molecule has 1 fully saturated rings. The monoisotopic (exact) mass is 438 g/mol. The van der Waals surface area contributed by atoms with E-state index in [1.54, 1.807) is 0 Å². The van der Waals surface area contributed by atoms with Crippen molar-refractivity contribution in [1.29, 1.82) is 0 Å². The number of rotatable bonds is 5. The van der Waals surface area contributed by atoms with Gasteiger partial charge in [0.15, 0.2) is 6.29 Å². The van der Waals surface area contributed by atoms with Gasteiger partial charge in [0.25, 0.3) is 0 Å². The normalized spacial score (nSPS) is 18.3. The van der Waals surface area contributed by atoms with Gasteiger partial charge >= 0.3 is 0 Å². The summed E-state index contributed by atoms with van der Waals surface area (Å²) in [5.41, 5.74) is 3.05. The molecule has 0 aliphatic carbocycles. The lowest BCUT2D eigenvalue weighted by molar-refractivity contribution is -0.163. The molecule has 126 valence electrons. The average molecular weight is 438 g/mol. The number of pyridine rings is 1. The van der Waals surface area contributed by atoms with Gasteiger partial charge in [-0.1, -0.05) is 0 Å². The smallest absolute Gasteiger partial charge is 0.157 e. The van der Waals surface area contributed by atoms with Crippen LogP contribution in [0.5, 0.6) is 0 Å². The van der Waals surface area contributed by atoms with Gasteiger partial charge in [-0.2, -0.15) is 5.10 Å². The number of ether oxygens (including phenoxy) is 2. The number of nitrogens with one attached hydrogen (secondary N) is 1. The van der Waals surface area contributed by atoms with E-state index in [1.165, 1.54) is 9.99 Å². The second-order valence-electron chi connectivity index (χ2n) is 5.92. The quantitative estimate of drug-likeness (QED) is 0.619. The molecule has 6 nitrogen and oxygen atoms in total. The molecule has 4 heterocycles. The summed E-state index contributed by atoms with van der Waals surface area (Å²) >= 11 is 2.31. The minimum atomic E-state index is -0.0453. The lowest BCUT2D eigenvalue weighted by Crippen LogP contribution is -2.24. The van der Waals surface area contributed by atoms with Crippen LogP contribution in [0, 0.1) is 3.57 Å². The fourth-order valence-corrected chi connectivity index (χ4v) is 3.45. The summed E-state index contributed by atoms with van der Waals surface area (Å²) in [5, 5.41) is 5.56. The van der Waals surface area contributed by atoms with Crippen LogP contribution in [-0.2, 0) is 16.0 Å². The molecule has 4 rings (SSSR count). The zero-order valence-corrected chi connectivity index (χ0v) is 15.4. The Labute approximate surface area is 153 Å². The van der Waals surface area contributed by atoms with E-state index in [-0.39, 0.29) is 6.29 Å². The Bertz CT molecular complexity index is 823. The minimum Gasteiger partial charge on any atom is -0.353 e. The molecule has 0 aromatic carbocycles. The average Bonchev–Trinajstić information content (AvgIpc) is 3.23. The number of H-pyrrole nitrogens is 1. The van der Waals surface area contributed by atoms with Crippen LogP contribution in [0.2, 0.25) is 0 Å². The number of fused-ring (bicyclic) bond motifs is 1. The van der Waals surface area contributed by atoms with Crippen molar-refractivity contribution < 1.29 is 9.47 Å². The first-order valence-corrected chi connectivity index (χ1v) is 9.26. The van der Waals surface area contributed by atoms with E-state index in [0.717, 1.165) is 48.2 Å². The summed E-state index contributed by atoms with van der Waals surface area (Å²) in [4.78, 5) is 7.64. The van der Waals surface area contributed by atoms with Crippen LogP contribution in [0.4, 0.5) is 0 Å². The van der Waals surface area contributed by atoms with E-state index in [1.807, 2.05) is 29.5 Å². The van der Waals surface area contributed by atoms with E-state index >= 15 is 0 Å². The van der Waals surface area contributed by atoms with Crippen molar-refractivity contribution in [2.75, 3.05) is 13.2 Å². The van der Waals surface area contributed by atoms with Gasteiger partial charge in [0.1, 0.15) is 5.65 Å². The number of hydrogen-bond acceptors (Lipinski definition) is 4. The lowest BCUT2D eigenvalue weighted by Gasteiger charge is -2.22. The van der Waals surface area contributed by atoms with Crippen molar-refractivity contribution >= 4 is 33.6 Å². The highest BCUT2D eigenvalue weighted by Gasteiger charge is 2.14. The van der Waals surface area contributed by atoms with Crippen molar-refractivity contribution in [2.45, 2.75) is 32.1 Å². The standard InChI is InChI=1S/C17H19IN4O2/c18-15-10-20-17-14(15)7-12(8-19-17)13-9-21-22(11-13)4-6-24-16-3-1-2-5-23-16/h7-11,16H,1-6H2,(H,19,20). The Hall–Kier alpha value is -1.45. The summed E-state index contributed by atoms with van der Waals surface area (Å²) in [6, 6.07) is 2.15. The Morgan fingerprint density at radius 3 is 3.17 bits per heavy atom. The van der Waals surface area contributed by atoms with Gasteiger partial charge in [0.2, 0.25) is 0 Å². The van der Waals surface area contributed by atoms with Gasteiger partial charge in [-0.25, -0.2) is 4.98 Å². The van der Waals surface area contributed by atoms with E-state index in [0.29, 0.717) is 6.61 Å². The molecular weight excluding hydrogens is 419 g/mol. The molecule has 7 heteroatoms. The minimum absolute atomic E-state index is 0.0453. The van der Waals surface area contributed by atoms with Crippen molar-refractivity contribution in [1.82, 2.24) is 19.7 Å². The molecule has 0 bridgehead atoms. The molecule has 1 aliphatic rings. The SMILES string of the molecule is Ic1c[nH]c2ncc(-c3cnn(CCOC4CCCCO4)c3)cc12. The lowest BCUT2D eigenvalue weighted by atomic mass is 10.1. The first kappa shape index (κ1) is 16.0. The molecule has 24 heavy (non-hydrogen) atoms. The van der Waals surface area contributed by atoms with E-state index in [9.17, 15) is 0 Å². The molecule has 1 saturated heterocycles. The maximum atomic E-state index is 5.76. The van der Waals surface area contributed by atoms with Crippen molar-refractivity contribution in [3.63, 3.8) is 0 Å². The largest absolute Gasteiger partial charge is 0.353 e. The topological polar surface area (TPSA) is 65.0 Å². The summed E-state index contributed by atoms with van der Waals surface area (Å²) < 4.78 is 14.4. The highest BCUT2D eigenvalue weighted by atomic mass is 127. The summed E-state index contributed by atoms with van der Waals surface area (Å²) in [5.74, 6) is 0. The van der Waals surface area contributed by atoms with E-state index in [2.05, 4.69) is 43.7 Å². The maximum Gasteiger partial charge on any atom is 0.157 e. The number of aromatic nitrogens is 4. The Morgan fingerprint density at radius 2 is 2.29 bits per heavy atom. The molecule has 1 N–H and O–H groups in total. The summed E-state index contributed by atoms with van der Waals surface area (Å²) in [7, 11) is 0. The zero-order valence-electron chi connectivity index (χ0n) is 13.2. The molecular formula is C17H19IN4O2. The molecule has 1 aliphatic heterocycles. The first-order valence-electron chi connectivity index (χ1n) is 8.18. The van der Waals surface area contributed by atoms with Gasteiger partial charge in [0, 0.05) is 45.3 Å². The van der Waals surface area contributed by atoms with E-state index in [4.69, 9.17) is 9.47 Å². The van der Waals surface area contributed by atoms with Gasteiger partial charge in [-0.15, -0.1) is 0 Å². The second kappa shape index (κ2) is 7.20. The Morgan fingerprint density at radius 1 is 1.33 bits per heavy atom. The molecule has 0 spiro atoms. The number of hydrogen-bond donors (Lipinski definition) is 1. The van der Waals surface area contributed by atoms with Crippen LogP contribution in [0.25, 0.3) is 22.2 Å². The third kappa shape index (κ3) is 3.47. The van der Waals surface area contributed by atoms with Crippen molar-refractivity contribution in [3.8, 4) is 11.1 Å². The van der Waals surface area contributed by atoms with Crippen LogP contribution >= 0.6 is 22.6 Å². The molecule has 0 amide bonds. The predicted octanol–water partition coefficient (Wildman–Crippen LogP) is 3.57. The second-order valence-corrected chi connectivity index (χ2v) is 7.08. The number of nitrogens with zero attached hydrogens (tertiary/aromatic N) is 3. The molecule has 0 saturated carbocycles. The zero-order chi connectivity index (χ0) is 16.4. The Kier molecular flexibility index (Phi) is 4.81. The van der Waals surface area contributed by atoms with Crippen LogP contribution in [0.1, 0.15) is 19.3 Å². The first-order chi connectivity index (χ1) is 11.8. The molecule has 1 unspecified atom stereocenters. The summed E-state index contributed by atoms with van der Waals surface area (Å²) in [6.07, 6.45) is 11.0. The maximum absolute atomic E-state index is 5.76. The molecule has 1 atom stereocenters. The van der Waals surface area contributed by atoms with Crippen LogP contribution < -0.4 is 0 Å². The molecule has 3 aromatic heterocycles. The number of aromatic amines is 1. The van der Waals surface area contributed by atoms with Crippen molar-refractivity contribution in [2.24, 2.45) is 0 Å². The Balaban J connectivity index is 1.40. The van der Waals surface area contributed by atoms with Gasteiger partial charge in [-0.05, 0) is 47.9 Å². The van der Waals surface area contributed by atoms with Gasteiger partial charge < -0.3 is 14.5 Å².